The van der Waals surface area contributed by atoms with Crippen molar-refractivity contribution in [2.75, 3.05) is 6.54 Å². The van der Waals surface area contributed by atoms with Crippen LogP contribution in [0.2, 0.25) is 5.02 Å². The number of hydrogen-bond acceptors (Lipinski definition) is 2. The summed E-state index contributed by atoms with van der Waals surface area (Å²) in [6.45, 7) is 1.39. The maximum Gasteiger partial charge on any atom is 0.121 e. The van der Waals surface area contributed by atoms with Crippen molar-refractivity contribution in [3.63, 3.8) is 0 Å². The molecule has 3 rings (SSSR count). The van der Waals surface area contributed by atoms with Gasteiger partial charge in [0.05, 0.1) is 0 Å². The zero-order valence-electron chi connectivity index (χ0n) is 11.6. The second-order valence-electron chi connectivity index (χ2n) is 5.02. The highest BCUT2D eigenvalue weighted by Crippen LogP contribution is 2.24. The lowest BCUT2D eigenvalue weighted by atomic mass is 10.1. The number of fused-ring (bicyclic) bond motifs is 1. The number of aromatic hydroxyl groups is 1. The standard InChI is InChI=1S/C17H17ClN2O/c18-15-5-3-7-17(21)14(15)11-19-9-8-12-10-20-16-6-2-1-4-13(12)16/h1-7,10,19-21H,8-9,11H2. The quantitative estimate of drug-likeness (QED) is 0.627. The molecule has 0 bridgehead atoms. The van der Waals surface area contributed by atoms with E-state index in [9.17, 15) is 5.11 Å². The van der Waals surface area contributed by atoms with E-state index in [1.165, 1.54) is 10.9 Å². The van der Waals surface area contributed by atoms with E-state index in [0.717, 1.165) is 24.0 Å². The Labute approximate surface area is 128 Å². The van der Waals surface area contributed by atoms with Gasteiger partial charge in [-0.05, 0) is 36.7 Å². The number of rotatable bonds is 5. The van der Waals surface area contributed by atoms with Gasteiger partial charge in [-0.25, -0.2) is 0 Å². The summed E-state index contributed by atoms with van der Waals surface area (Å²) in [5, 5.41) is 15.0. The summed E-state index contributed by atoms with van der Waals surface area (Å²) in [4.78, 5) is 3.28. The molecule has 2 aromatic carbocycles. The molecule has 3 nitrogen and oxygen atoms in total. The van der Waals surface area contributed by atoms with Crippen molar-refractivity contribution in [3.8, 4) is 5.75 Å². The zero-order valence-corrected chi connectivity index (χ0v) is 12.3. The molecule has 0 aliphatic heterocycles. The molecule has 3 N–H and O–H groups in total. The summed E-state index contributed by atoms with van der Waals surface area (Å²) in [6, 6.07) is 13.5. The van der Waals surface area contributed by atoms with Crippen LogP contribution in [0.4, 0.5) is 0 Å². The summed E-state index contributed by atoms with van der Waals surface area (Å²) in [7, 11) is 0. The van der Waals surface area contributed by atoms with Crippen LogP contribution in [0, 0.1) is 0 Å². The van der Waals surface area contributed by atoms with Gasteiger partial charge in [-0.15, -0.1) is 0 Å². The van der Waals surface area contributed by atoms with Gasteiger partial charge in [-0.2, -0.15) is 0 Å². The summed E-state index contributed by atoms with van der Waals surface area (Å²) < 4.78 is 0. The molecule has 0 amide bonds. The van der Waals surface area contributed by atoms with Crippen LogP contribution < -0.4 is 5.32 Å². The lowest BCUT2D eigenvalue weighted by Crippen LogP contribution is -2.16. The summed E-state index contributed by atoms with van der Waals surface area (Å²) >= 11 is 6.08. The van der Waals surface area contributed by atoms with Gasteiger partial charge in [-0.1, -0.05) is 35.9 Å². The van der Waals surface area contributed by atoms with Gasteiger partial charge in [-0.3, -0.25) is 0 Å². The minimum absolute atomic E-state index is 0.238. The van der Waals surface area contributed by atoms with Crippen molar-refractivity contribution in [1.82, 2.24) is 10.3 Å². The third-order valence-corrected chi connectivity index (χ3v) is 4.00. The van der Waals surface area contributed by atoms with Crippen molar-refractivity contribution < 1.29 is 5.11 Å². The topological polar surface area (TPSA) is 48.0 Å². The second kappa shape index (κ2) is 6.20. The maximum absolute atomic E-state index is 9.79. The van der Waals surface area contributed by atoms with E-state index in [-0.39, 0.29) is 5.75 Å². The Kier molecular flexibility index (Phi) is 4.13. The fourth-order valence-electron chi connectivity index (χ4n) is 2.50. The molecule has 0 saturated carbocycles. The molecule has 0 aliphatic rings. The molecule has 1 heterocycles. The number of halogens is 1. The Morgan fingerprint density at radius 3 is 2.81 bits per heavy atom. The van der Waals surface area contributed by atoms with E-state index < -0.39 is 0 Å². The van der Waals surface area contributed by atoms with Crippen LogP contribution in [-0.4, -0.2) is 16.6 Å². The Morgan fingerprint density at radius 1 is 1.10 bits per heavy atom. The molecule has 0 saturated heterocycles. The Morgan fingerprint density at radius 2 is 1.95 bits per heavy atom. The predicted octanol–water partition coefficient (Wildman–Crippen LogP) is 3.86. The predicted molar refractivity (Wildman–Crippen MR) is 86.8 cm³/mol. The Hall–Kier alpha value is -1.97. The Balaban J connectivity index is 1.59. The molecule has 108 valence electrons. The van der Waals surface area contributed by atoms with E-state index in [0.29, 0.717) is 11.6 Å². The van der Waals surface area contributed by atoms with E-state index >= 15 is 0 Å². The van der Waals surface area contributed by atoms with Crippen molar-refractivity contribution in [2.24, 2.45) is 0 Å². The highest BCUT2D eigenvalue weighted by atomic mass is 35.5. The maximum atomic E-state index is 9.79. The third-order valence-electron chi connectivity index (χ3n) is 3.64. The smallest absolute Gasteiger partial charge is 0.121 e. The zero-order chi connectivity index (χ0) is 14.7. The molecule has 0 spiro atoms. The SMILES string of the molecule is Oc1cccc(Cl)c1CNCCc1c[nH]c2ccccc12. The minimum Gasteiger partial charge on any atom is -0.508 e. The molecule has 4 heteroatoms. The van der Waals surface area contributed by atoms with Crippen molar-refractivity contribution in [1.29, 1.82) is 0 Å². The fraction of sp³-hybridized carbons (Fsp3) is 0.176. The largest absolute Gasteiger partial charge is 0.508 e. The van der Waals surface area contributed by atoms with E-state index in [1.807, 2.05) is 6.07 Å². The second-order valence-corrected chi connectivity index (χ2v) is 5.43. The van der Waals surface area contributed by atoms with Crippen LogP contribution in [0.25, 0.3) is 10.9 Å². The molecule has 1 aromatic heterocycles. The average molecular weight is 301 g/mol. The summed E-state index contributed by atoms with van der Waals surface area (Å²) in [5.74, 6) is 0.238. The summed E-state index contributed by atoms with van der Waals surface area (Å²) in [6.07, 6.45) is 2.98. The highest BCUT2D eigenvalue weighted by Gasteiger charge is 2.06. The molecule has 21 heavy (non-hydrogen) atoms. The molecule has 0 aliphatic carbocycles. The van der Waals surface area contributed by atoms with Gasteiger partial charge < -0.3 is 15.4 Å². The number of nitrogens with one attached hydrogen (secondary N) is 2. The number of phenols is 1. The van der Waals surface area contributed by atoms with Gasteiger partial charge in [0.1, 0.15) is 5.75 Å². The lowest BCUT2D eigenvalue weighted by Gasteiger charge is -2.08. The van der Waals surface area contributed by atoms with Gasteiger partial charge >= 0.3 is 0 Å². The molecule has 0 unspecified atom stereocenters. The van der Waals surface area contributed by atoms with Crippen LogP contribution >= 0.6 is 11.6 Å². The number of benzene rings is 2. The first kappa shape index (κ1) is 14.0. The first-order chi connectivity index (χ1) is 10.3. The number of H-pyrrole nitrogens is 1. The van der Waals surface area contributed by atoms with Gasteiger partial charge in [0.15, 0.2) is 0 Å². The number of aromatic amines is 1. The van der Waals surface area contributed by atoms with Gasteiger partial charge in [0, 0.05) is 34.2 Å². The number of para-hydroxylation sites is 1. The summed E-state index contributed by atoms with van der Waals surface area (Å²) in [5.41, 5.74) is 3.20. The van der Waals surface area contributed by atoms with Crippen LogP contribution in [0.5, 0.6) is 5.75 Å². The Bertz CT molecular complexity index is 731. The molecule has 3 aromatic rings. The van der Waals surface area contributed by atoms with Gasteiger partial charge in [0.25, 0.3) is 0 Å². The fourth-order valence-corrected chi connectivity index (χ4v) is 2.73. The van der Waals surface area contributed by atoms with E-state index in [4.69, 9.17) is 11.6 Å². The number of hydrogen-bond donors (Lipinski definition) is 3. The normalized spacial score (nSPS) is 11.1. The highest BCUT2D eigenvalue weighted by molar-refractivity contribution is 6.31. The molecule has 0 radical (unpaired) electrons. The van der Waals surface area contributed by atoms with Crippen molar-refractivity contribution in [2.45, 2.75) is 13.0 Å². The first-order valence-electron chi connectivity index (χ1n) is 6.98. The van der Waals surface area contributed by atoms with E-state index in [2.05, 4.69) is 34.7 Å². The van der Waals surface area contributed by atoms with Crippen molar-refractivity contribution >= 4 is 22.5 Å². The van der Waals surface area contributed by atoms with Gasteiger partial charge in [0.2, 0.25) is 0 Å². The monoisotopic (exact) mass is 300 g/mol. The van der Waals surface area contributed by atoms with Crippen LogP contribution in [0.15, 0.2) is 48.7 Å². The number of aromatic nitrogens is 1. The number of phenolic OH excluding ortho intramolecular Hbond substituents is 1. The van der Waals surface area contributed by atoms with Crippen LogP contribution in [0.1, 0.15) is 11.1 Å². The average Bonchev–Trinajstić information content (AvgIpc) is 2.89. The molecule has 0 fully saturated rings. The molecular formula is C17H17ClN2O. The first-order valence-corrected chi connectivity index (χ1v) is 7.35. The minimum atomic E-state index is 0.238. The van der Waals surface area contributed by atoms with Crippen LogP contribution in [-0.2, 0) is 13.0 Å². The van der Waals surface area contributed by atoms with Crippen LogP contribution in [0.3, 0.4) is 0 Å². The lowest BCUT2D eigenvalue weighted by molar-refractivity contribution is 0.464. The molecular weight excluding hydrogens is 284 g/mol. The molecule has 0 atom stereocenters. The third kappa shape index (κ3) is 3.04. The van der Waals surface area contributed by atoms with Crippen molar-refractivity contribution in [3.05, 3.63) is 64.8 Å². The van der Waals surface area contributed by atoms with E-state index in [1.54, 1.807) is 18.2 Å².